The van der Waals surface area contributed by atoms with Crippen molar-refractivity contribution in [3.05, 3.63) is 12.2 Å². The number of hydrogen-bond acceptors (Lipinski definition) is 14. The number of rotatable bonds is 37. The number of likely N-dealkylation sites (N-methyl/N-ethyl adjacent to an activating group) is 3. The fourth-order valence-corrected chi connectivity index (χ4v) is 9.82. The molecule has 454 valence electrons. The van der Waals surface area contributed by atoms with Crippen molar-refractivity contribution in [2.75, 3.05) is 28.3 Å². The molecule has 79 heavy (non-hydrogen) atoms. The summed E-state index contributed by atoms with van der Waals surface area (Å²) in [7, 11) is 5.70. The van der Waals surface area contributed by atoms with E-state index in [4.69, 9.17) is 10.5 Å². The summed E-state index contributed by atoms with van der Waals surface area (Å²) in [5, 5.41) is 5.47. The zero-order valence-corrected chi connectivity index (χ0v) is 51.2. The van der Waals surface area contributed by atoms with Gasteiger partial charge in [0.05, 0.1) is 49.7 Å². The molecule has 5 amide bonds. The van der Waals surface area contributed by atoms with Gasteiger partial charge in [-0.05, 0) is 81.5 Å². The predicted molar refractivity (Wildman–Crippen MR) is 308 cm³/mol. The monoisotopic (exact) mass is 1120 g/mol. The molecule has 19 nitrogen and oxygen atoms in total. The topological polar surface area (TPSA) is 266 Å². The molecule has 0 spiro atoms. The molecule has 0 bridgehead atoms. The zero-order chi connectivity index (χ0) is 60.6. The van der Waals surface area contributed by atoms with Gasteiger partial charge in [-0.3, -0.25) is 52.7 Å². The van der Waals surface area contributed by atoms with Crippen molar-refractivity contribution in [2.24, 2.45) is 59.0 Å². The smallest absolute Gasteiger partial charge is 0.305 e. The Kier molecular flexibility index (Phi) is 35.3. The maximum atomic E-state index is 14.8. The number of carbonyl (C=O) groups is 11. The lowest BCUT2D eigenvalue weighted by atomic mass is 9.82. The number of Topliss-reactive ketones (excluding diaryl/α,β-unsaturated/α-hetero) is 4. The van der Waals surface area contributed by atoms with E-state index in [1.807, 2.05) is 68.4 Å². The molecule has 0 aromatic rings. The van der Waals surface area contributed by atoms with Crippen molar-refractivity contribution >= 4 is 64.6 Å². The van der Waals surface area contributed by atoms with E-state index < -0.39 is 131 Å². The first-order valence-electron chi connectivity index (χ1n) is 28.2. The van der Waals surface area contributed by atoms with Crippen LogP contribution in [0, 0.1) is 53.3 Å². The van der Waals surface area contributed by atoms with Crippen molar-refractivity contribution in [1.82, 2.24) is 25.3 Å². The lowest BCUT2D eigenvalue weighted by Crippen LogP contribution is -2.54. The fraction of sp³-hybridized carbons (Fsp3) is 0.783. The number of hydrogen-bond donors (Lipinski definition) is 3. The van der Waals surface area contributed by atoms with E-state index in [1.165, 1.54) is 49.8 Å². The van der Waals surface area contributed by atoms with E-state index in [1.54, 1.807) is 47.7 Å². The Morgan fingerprint density at radius 1 is 0.595 bits per heavy atom. The normalized spacial score (nSPS) is 15.8. The number of ether oxygens (including phenoxy) is 2. The number of nitrogens with one attached hydrogen (secondary N) is 2. The highest BCUT2D eigenvalue weighted by Gasteiger charge is 2.43. The molecule has 0 aliphatic rings. The van der Waals surface area contributed by atoms with Gasteiger partial charge >= 0.3 is 11.9 Å². The molecule has 0 fully saturated rings. The molecule has 0 heterocycles. The third-order valence-electron chi connectivity index (χ3n) is 14.4. The van der Waals surface area contributed by atoms with Crippen LogP contribution in [0.15, 0.2) is 12.2 Å². The van der Waals surface area contributed by atoms with Crippen molar-refractivity contribution < 1.29 is 62.2 Å². The molecule has 0 aliphatic carbocycles. The summed E-state index contributed by atoms with van der Waals surface area (Å²) in [4.78, 5) is 155. The molecule has 0 saturated carbocycles. The lowest BCUT2D eigenvalue weighted by molar-refractivity contribution is -0.157. The summed E-state index contributed by atoms with van der Waals surface area (Å²) in [6.07, 6.45) is 2.55. The minimum Gasteiger partial charge on any atom is -0.469 e. The highest BCUT2D eigenvalue weighted by Crippen LogP contribution is 2.30. The average Bonchev–Trinajstić information content (AvgIpc) is 3.35. The Morgan fingerprint density at radius 3 is 1.54 bits per heavy atom. The van der Waals surface area contributed by atoms with Gasteiger partial charge in [-0.25, -0.2) is 0 Å². The van der Waals surface area contributed by atoms with E-state index in [-0.39, 0.29) is 87.7 Å². The van der Waals surface area contributed by atoms with Crippen LogP contribution in [0.3, 0.4) is 0 Å². The SMILES string of the molecule is C.C/C=C/C[C@@H](C)[C@@H](OC(C)=O)[C@H](CC(=O)[C@H](C(C)C)N(C)C(=O)[C@@H](CC(=O)[C@H](CC(C)C)N(C)C(=O)[C@@H](C)NC(=O)[C@H](C)CC(=O)[C@H](CC(C)C)N(C)C(=O)[C@@H](N)C(C)C)CC(C)C)C(=O)N[C@@H](CC)C(=O)CCC(=O)OC. The summed E-state index contributed by atoms with van der Waals surface area (Å²) < 4.78 is 10.5. The predicted octanol–water partition coefficient (Wildman–Crippen LogP) is 7.08. The van der Waals surface area contributed by atoms with Gasteiger partial charge in [0.15, 0.2) is 23.1 Å². The largest absolute Gasteiger partial charge is 0.469 e. The van der Waals surface area contributed by atoms with Crippen LogP contribution in [0.25, 0.3) is 0 Å². The van der Waals surface area contributed by atoms with Crippen molar-refractivity contribution in [3.8, 4) is 0 Å². The summed E-state index contributed by atoms with van der Waals surface area (Å²) in [6.45, 7) is 28.1. The quantitative estimate of drug-likeness (QED) is 0.0415. The summed E-state index contributed by atoms with van der Waals surface area (Å²) in [5.74, 6) is -10.0. The first-order valence-corrected chi connectivity index (χ1v) is 28.2. The standard InChI is InChI=1S/C59H102N6O13.CH4/c1-21-23-24-38(13)54(78-41(16)66)43(56(73)62-44(22-2)47(67)25-26-51(71)77-20)32-50(70)53(37(11)12)65(19)58(75)42(27-33(3)4)31-49(69)46(29-35(7)8)63(17)57(74)40(15)61-55(72)39(14)30-48(68)45(28-34(5)6)64(18)59(76)52(60)36(9)10;/h21,23,33-40,42-46,52-54H,22,24-32,60H2,1-20H3,(H,61,72)(H,62,73);1H4/b23-21+;/t38-,39-,40-,42-,43+,44+,45+,46+,52+,53+,54-;/m1./s1. The summed E-state index contributed by atoms with van der Waals surface area (Å²) >= 11 is 0. The minimum absolute atomic E-state index is 0. The number of nitrogens with zero attached hydrogens (tertiary/aromatic N) is 3. The van der Waals surface area contributed by atoms with Crippen LogP contribution in [0.1, 0.15) is 182 Å². The van der Waals surface area contributed by atoms with Crippen LogP contribution in [0.4, 0.5) is 0 Å². The van der Waals surface area contributed by atoms with E-state index in [2.05, 4.69) is 15.4 Å². The van der Waals surface area contributed by atoms with E-state index >= 15 is 0 Å². The third kappa shape index (κ3) is 25.3. The van der Waals surface area contributed by atoms with E-state index in [0.717, 1.165) is 0 Å². The summed E-state index contributed by atoms with van der Waals surface area (Å²) in [6, 6.07) is -5.87. The zero-order valence-electron chi connectivity index (χ0n) is 51.2. The first kappa shape index (κ1) is 75.7. The van der Waals surface area contributed by atoms with Gasteiger partial charge < -0.3 is 40.5 Å². The Balaban J connectivity index is 0. The van der Waals surface area contributed by atoms with Crippen LogP contribution in [-0.4, -0.2) is 150 Å². The number of ketones is 4. The van der Waals surface area contributed by atoms with Gasteiger partial charge in [0.2, 0.25) is 29.5 Å². The maximum absolute atomic E-state index is 14.8. The van der Waals surface area contributed by atoms with Crippen molar-refractivity contribution in [3.63, 3.8) is 0 Å². The Hall–Kier alpha value is -5.33. The number of allylic oxidation sites excluding steroid dienone is 2. The molecule has 11 atom stereocenters. The molecule has 0 rings (SSSR count). The van der Waals surface area contributed by atoms with Crippen LogP contribution in [-0.2, 0) is 62.2 Å². The molecule has 0 aliphatic heterocycles. The highest BCUT2D eigenvalue weighted by molar-refractivity contribution is 5.98. The second-order valence-corrected chi connectivity index (χ2v) is 23.5. The minimum atomic E-state index is -1.30. The molecule has 0 saturated heterocycles. The van der Waals surface area contributed by atoms with Gasteiger partial charge in [-0.1, -0.05) is 110 Å². The lowest BCUT2D eigenvalue weighted by Gasteiger charge is -2.36. The average molecular weight is 1120 g/mol. The van der Waals surface area contributed by atoms with Crippen molar-refractivity contribution in [2.45, 2.75) is 225 Å². The number of methoxy groups -OCH3 is 1. The molecule has 0 aromatic carbocycles. The van der Waals surface area contributed by atoms with Gasteiger partial charge in [-0.15, -0.1) is 0 Å². The molecule has 0 aromatic heterocycles. The number of esters is 2. The molecule has 0 unspecified atom stereocenters. The molecule has 0 radical (unpaired) electrons. The molecule has 19 heteroatoms. The summed E-state index contributed by atoms with van der Waals surface area (Å²) in [5.41, 5.74) is 6.15. The second kappa shape index (κ2) is 36.8. The Labute approximate surface area is 474 Å². The van der Waals surface area contributed by atoms with Crippen LogP contribution < -0.4 is 16.4 Å². The van der Waals surface area contributed by atoms with Gasteiger partial charge in [0, 0.05) is 65.6 Å². The molecule has 4 N–H and O–H groups in total. The Morgan fingerprint density at radius 2 is 1.10 bits per heavy atom. The second-order valence-electron chi connectivity index (χ2n) is 23.5. The van der Waals surface area contributed by atoms with Crippen LogP contribution in [0.5, 0.6) is 0 Å². The fourth-order valence-electron chi connectivity index (χ4n) is 9.82. The maximum Gasteiger partial charge on any atom is 0.305 e. The van der Waals surface area contributed by atoms with Crippen LogP contribution >= 0.6 is 0 Å². The van der Waals surface area contributed by atoms with Crippen molar-refractivity contribution in [1.29, 1.82) is 0 Å². The van der Waals surface area contributed by atoms with Gasteiger partial charge in [-0.2, -0.15) is 0 Å². The van der Waals surface area contributed by atoms with Crippen LogP contribution in [0.2, 0.25) is 0 Å². The van der Waals surface area contributed by atoms with E-state index in [9.17, 15) is 52.7 Å². The third-order valence-corrected chi connectivity index (χ3v) is 14.4. The Bertz CT molecular complexity index is 2050. The number of carbonyl (C=O) groups excluding carboxylic acids is 11. The molecular weight excluding hydrogens is 1010 g/mol. The number of nitrogens with two attached hydrogens (primary N) is 1. The number of amides is 5. The van der Waals surface area contributed by atoms with E-state index in [0.29, 0.717) is 12.8 Å². The highest BCUT2D eigenvalue weighted by atomic mass is 16.5. The van der Waals surface area contributed by atoms with Gasteiger partial charge in [0.1, 0.15) is 12.1 Å². The first-order chi connectivity index (χ1) is 36.1. The molecular formula is C60H106N6O13. The van der Waals surface area contributed by atoms with Gasteiger partial charge in [0.25, 0.3) is 0 Å².